The quantitative estimate of drug-likeness (QED) is 0.566. The molecular weight excluding hydrogens is 282 g/mol. The van der Waals surface area contributed by atoms with Crippen LogP contribution in [0.4, 0.5) is 5.95 Å². The molecule has 0 bridgehead atoms. The van der Waals surface area contributed by atoms with Crippen molar-refractivity contribution in [2.24, 2.45) is 0 Å². The Labute approximate surface area is 129 Å². The lowest BCUT2D eigenvalue weighted by atomic mass is 10.2. The number of ketones is 1. The van der Waals surface area contributed by atoms with Crippen molar-refractivity contribution in [1.29, 1.82) is 0 Å². The van der Waals surface area contributed by atoms with E-state index in [9.17, 15) is 9.59 Å². The van der Waals surface area contributed by atoms with Crippen molar-refractivity contribution in [3.8, 4) is 0 Å². The van der Waals surface area contributed by atoms with Gasteiger partial charge in [0.2, 0.25) is 11.9 Å². The normalized spacial score (nSPS) is 22.0. The van der Waals surface area contributed by atoms with Gasteiger partial charge in [-0.15, -0.1) is 0 Å². The first-order valence-corrected chi connectivity index (χ1v) is 7.32. The van der Waals surface area contributed by atoms with Crippen LogP contribution in [0.25, 0.3) is 6.08 Å². The fourth-order valence-corrected chi connectivity index (χ4v) is 2.59. The molecule has 0 saturated carbocycles. The molecule has 116 valence electrons. The maximum absolute atomic E-state index is 11.8. The number of likely N-dealkylation sites (N-methyl/N-ethyl adjacent to an activating group) is 2. The minimum atomic E-state index is -0.176. The van der Waals surface area contributed by atoms with Crippen LogP contribution in [0.2, 0.25) is 0 Å². The average molecular weight is 301 g/mol. The number of carbonyl (C=O) groups excluding carboxylic acids is 2. The summed E-state index contributed by atoms with van der Waals surface area (Å²) in [6, 6.07) is 1.75. The van der Waals surface area contributed by atoms with E-state index in [2.05, 4.69) is 26.8 Å². The van der Waals surface area contributed by atoms with Gasteiger partial charge < -0.3 is 14.7 Å². The SMILES string of the molecule is CN1CCN(c2nccc(/C=C3/C(=O)CC(=O)N3C)n2)CC1. The minimum absolute atomic E-state index is 0.0568. The maximum atomic E-state index is 11.8. The number of aromatic nitrogens is 2. The number of hydrogen-bond donors (Lipinski definition) is 0. The average Bonchev–Trinajstić information content (AvgIpc) is 2.75. The van der Waals surface area contributed by atoms with Crippen LogP contribution in [0.5, 0.6) is 0 Å². The molecule has 7 nitrogen and oxygen atoms in total. The number of carbonyl (C=O) groups is 2. The molecule has 0 N–H and O–H groups in total. The fourth-order valence-electron chi connectivity index (χ4n) is 2.59. The van der Waals surface area contributed by atoms with E-state index in [0.29, 0.717) is 17.3 Å². The van der Waals surface area contributed by atoms with Gasteiger partial charge in [0.05, 0.1) is 17.8 Å². The van der Waals surface area contributed by atoms with E-state index in [-0.39, 0.29) is 18.1 Å². The van der Waals surface area contributed by atoms with Crippen LogP contribution in [0.3, 0.4) is 0 Å². The molecule has 2 aliphatic heterocycles. The number of anilines is 1. The topological polar surface area (TPSA) is 69.6 Å². The number of allylic oxidation sites excluding steroid dienone is 1. The van der Waals surface area contributed by atoms with Gasteiger partial charge in [-0.1, -0.05) is 0 Å². The molecule has 1 amide bonds. The van der Waals surface area contributed by atoms with Gasteiger partial charge in [0.1, 0.15) is 0 Å². The second-order valence-electron chi connectivity index (χ2n) is 5.65. The fraction of sp³-hybridized carbons (Fsp3) is 0.467. The molecule has 0 aromatic carbocycles. The number of hydrogen-bond acceptors (Lipinski definition) is 6. The van der Waals surface area contributed by atoms with Crippen LogP contribution in [-0.2, 0) is 9.59 Å². The smallest absolute Gasteiger partial charge is 0.234 e. The summed E-state index contributed by atoms with van der Waals surface area (Å²) in [5.74, 6) is 0.332. The maximum Gasteiger partial charge on any atom is 0.234 e. The number of Topliss-reactive ketones (excluding diaryl/α,β-unsaturated/α-hetero) is 1. The summed E-state index contributed by atoms with van der Waals surface area (Å²) in [6.45, 7) is 3.72. The molecule has 0 atom stereocenters. The summed E-state index contributed by atoms with van der Waals surface area (Å²) >= 11 is 0. The third-order valence-corrected chi connectivity index (χ3v) is 4.07. The van der Waals surface area contributed by atoms with Crippen molar-refractivity contribution in [3.05, 3.63) is 23.7 Å². The molecular formula is C15H19N5O2. The van der Waals surface area contributed by atoms with Crippen molar-refractivity contribution in [2.75, 3.05) is 45.2 Å². The predicted octanol–water partition coefficient (Wildman–Crippen LogP) is 0.000500. The first-order chi connectivity index (χ1) is 10.5. The molecule has 1 aromatic heterocycles. The minimum Gasteiger partial charge on any atom is -0.338 e. The molecule has 22 heavy (non-hydrogen) atoms. The highest BCUT2D eigenvalue weighted by Gasteiger charge is 2.30. The first kappa shape index (κ1) is 14.6. The highest BCUT2D eigenvalue weighted by molar-refractivity contribution is 6.16. The Morgan fingerprint density at radius 1 is 1.14 bits per heavy atom. The summed E-state index contributed by atoms with van der Waals surface area (Å²) in [4.78, 5) is 38.0. The molecule has 3 heterocycles. The zero-order valence-electron chi connectivity index (χ0n) is 12.8. The Balaban J connectivity index is 1.83. The van der Waals surface area contributed by atoms with Crippen LogP contribution in [0.1, 0.15) is 12.1 Å². The zero-order chi connectivity index (χ0) is 15.7. The molecule has 2 aliphatic rings. The molecule has 7 heteroatoms. The van der Waals surface area contributed by atoms with Crippen molar-refractivity contribution < 1.29 is 9.59 Å². The highest BCUT2D eigenvalue weighted by Crippen LogP contribution is 2.20. The molecule has 0 unspecified atom stereocenters. The Hall–Kier alpha value is -2.28. The van der Waals surface area contributed by atoms with Crippen LogP contribution in [0.15, 0.2) is 18.0 Å². The number of amides is 1. The Morgan fingerprint density at radius 2 is 1.86 bits per heavy atom. The van der Waals surface area contributed by atoms with Crippen LogP contribution in [-0.4, -0.2) is 71.7 Å². The van der Waals surface area contributed by atoms with Crippen molar-refractivity contribution in [3.63, 3.8) is 0 Å². The van der Waals surface area contributed by atoms with Gasteiger partial charge in [-0.05, 0) is 19.2 Å². The van der Waals surface area contributed by atoms with E-state index in [1.165, 1.54) is 4.90 Å². The Bertz CT molecular complexity index is 635. The third kappa shape index (κ3) is 2.85. The number of nitrogens with zero attached hydrogens (tertiary/aromatic N) is 5. The monoisotopic (exact) mass is 301 g/mol. The van der Waals surface area contributed by atoms with E-state index in [0.717, 1.165) is 26.2 Å². The first-order valence-electron chi connectivity index (χ1n) is 7.32. The van der Waals surface area contributed by atoms with Crippen LogP contribution in [0, 0.1) is 0 Å². The largest absolute Gasteiger partial charge is 0.338 e. The number of rotatable bonds is 2. The summed E-state index contributed by atoms with van der Waals surface area (Å²) in [5, 5.41) is 0. The number of piperazine rings is 1. The standard InChI is InChI=1S/C15H19N5O2/c1-18-5-7-20(8-6-18)15-16-4-3-11(17-15)9-12-13(21)10-14(22)19(12)2/h3-4,9H,5-8,10H2,1-2H3/b12-9-. The Morgan fingerprint density at radius 3 is 2.50 bits per heavy atom. The summed E-state index contributed by atoms with van der Waals surface area (Å²) in [5.41, 5.74) is 1.04. The van der Waals surface area contributed by atoms with Gasteiger partial charge in [-0.2, -0.15) is 0 Å². The molecule has 1 aromatic rings. The Kier molecular flexibility index (Phi) is 3.89. The molecule has 0 aliphatic carbocycles. The second kappa shape index (κ2) is 5.84. The van der Waals surface area contributed by atoms with E-state index >= 15 is 0 Å². The predicted molar refractivity (Wildman–Crippen MR) is 82.1 cm³/mol. The van der Waals surface area contributed by atoms with Gasteiger partial charge in [-0.25, -0.2) is 9.97 Å². The third-order valence-electron chi connectivity index (χ3n) is 4.07. The molecule has 0 spiro atoms. The second-order valence-corrected chi connectivity index (χ2v) is 5.65. The lowest BCUT2D eigenvalue weighted by Crippen LogP contribution is -2.45. The van der Waals surface area contributed by atoms with Crippen molar-refractivity contribution in [1.82, 2.24) is 19.8 Å². The van der Waals surface area contributed by atoms with Gasteiger partial charge in [-0.3, -0.25) is 9.59 Å². The lowest BCUT2D eigenvalue weighted by molar-refractivity contribution is -0.126. The summed E-state index contributed by atoms with van der Waals surface area (Å²) in [6.07, 6.45) is 3.29. The van der Waals surface area contributed by atoms with Crippen LogP contribution < -0.4 is 4.90 Å². The molecule has 2 saturated heterocycles. The van der Waals surface area contributed by atoms with E-state index in [1.807, 2.05) is 0 Å². The molecule has 2 fully saturated rings. The van der Waals surface area contributed by atoms with E-state index in [1.54, 1.807) is 25.4 Å². The highest BCUT2D eigenvalue weighted by atomic mass is 16.2. The number of likely N-dealkylation sites (tertiary alicyclic amines) is 1. The zero-order valence-corrected chi connectivity index (χ0v) is 12.8. The van der Waals surface area contributed by atoms with Gasteiger partial charge in [0, 0.05) is 39.4 Å². The molecule has 0 radical (unpaired) electrons. The molecule has 3 rings (SSSR count). The van der Waals surface area contributed by atoms with Crippen molar-refractivity contribution >= 4 is 23.7 Å². The van der Waals surface area contributed by atoms with Crippen molar-refractivity contribution in [2.45, 2.75) is 6.42 Å². The van der Waals surface area contributed by atoms with Gasteiger partial charge in [0.15, 0.2) is 5.78 Å². The summed E-state index contributed by atoms with van der Waals surface area (Å²) in [7, 11) is 3.71. The van der Waals surface area contributed by atoms with E-state index in [4.69, 9.17) is 0 Å². The van der Waals surface area contributed by atoms with Gasteiger partial charge >= 0.3 is 0 Å². The summed E-state index contributed by atoms with van der Waals surface area (Å²) < 4.78 is 0. The van der Waals surface area contributed by atoms with Crippen LogP contribution >= 0.6 is 0 Å². The lowest BCUT2D eigenvalue weighted by Gasteiger charge is -2.32. The van der Waals surface area contributed by atoms with E-state index < -0.39 is 0 Å². The van der Waals surface area contributed by atoms with Gasteiger partial charge in [0.25, 0.3) is 0 Å².